The molecule has 172 valence electrons. The van der Waals surface area contributed by atoms with Gasteiger partial charge in [0.05, 0.1) is 0 Å². The van der Waals surface area contributed by atoms with Crippen molar-refractivity contribution < 1.29 is 9.90 Å². The van der Waals surface area contributed by atoms with Crippen LogP contribution in [0.15, 0.2) is 12.2 Å². The minimum absolute atomic E-state index is 0.332. The molecule has 0 spiro atoms. The Kier molecular flexibility index (Phi) is 21.2. The summed E-state index contributed by atoms with van der Waals surface area (Å²) in [5, 5.41) is 8.51. The molecule has 29 heavy (non-hydrogen) atoms. The summed E-state index contributed by atoms with van der Waals surface area (Å²) in [6.45, 7) is 2.26. The number of allylic oxidation sites excluding steroid dienone is 2. The van der Waals surface area contributed by atoms with Crippen LogP contribution in [0.2, 0.25) is 0 Å². The first kappa shape index (κ1) is 28.2. The van der Waals surface area contributed by atoms with Crippen LogP contribution < -0.4 is 0 Å². The summed E-state index contributed by atoms with van der Waals surface area (Å²) in [5.74, 6) is -0.664. The molecule has 0 radical (unpaired) electrons. The van der Waals surface area contributed by atoms with Crippen LogP contribution in [0.3, 0.4) is 0 Å². The third kappa shape index (κ3) is 21.7. The Bertz CT molecular complexity index is 373. The highest BCUT2D eigenvalue weighted by atomic mass is 16.4. The van der Waals surface area contributed by atoms with Gasteiger partial charge in [-0.2, -0.15) is 0 Å². The molecule has 1 rings (SSSR count). The first-order chi connectivity index (χ1) is 14.1. The van der Waals surface area contributed by atoms with Crippen molar-refractivity contribution in [2.45, 2.75) is 135 Å². The second kappa shape index (κ2) is 21.9. The van der Waals surface area contributed by atoms with Crippen LogP contribution in [-0.4, -0.2) is 36.1 Å². The maximum absolute atomic E-state index is 10.3. The number of carboxylic acids is 1. The lowest BCUT2D eigenvalue weighted by molar-refractivity contribution is -0.137. The van der Waals surface area contributed by atoms with E-state index in [0.717, 1.165) is 18.9 Å². The van der Waals surface area contributed by atoms with Gasteiger partial charge < -0.3 is 10.0 Å². The second-order valence-corrected chi connectivity index (χ2v) is 8.98. The van der Waals surface area contributed by atoms with Crippen molar-refractivity contribution in [3.05, 3.63) is 12.2 Å². The van der Waals surface area contributed by atoms with Crippen LogP contribution >= 0.6 is 0 Å². The molecule has 1 fully saturated rings. The number of carbonyl (C=O) groups is 1. The number of hydrogen-bond donors (Lipinski definition) is 1. The van der Waals surface area contributed by atoms with Gasteiger partial charge >= 0.3 is 5.97 Å². The Morgan fingerprint density at radius 2 is 1.28 bits per heavy atom. The average molecular weight is 410 g/mol. The lowest BCUT2D eigenvalue weighted by atomic mass is 9.95. The summed E-state index contributed by atoms with van der Waals surface area (Å²) in [6.07, 6.45) is 28.4. The molecule has 1 aliphatic rings. The van der Waals surface area contributed by atoms with E-state index in [0.29, 0.717) is 6.42 Å². The summed E-state index contributed by atoms with van der Waals surface area (Å²) in [6, 6.07) is 0.888. The summed E-state index contributed by atoms with van der Waals surface area (Å²) >= 11 is 0. The molecule has 0 aliphatic heterocycles. The van der Waals surface area contributed by atoms with E-state index in [1.165, 1.54) is 103 Å². The van der Waals surface area contributed by atoms with E-state index in [1.54, 1.807) is 0 Å². The average Bonchev–Trinajstić information content (AvgIpc) is 2.72. The van der Waals surface area contributed by atoms with Crippen molar-refractivity contribution in [2.75, 3.05) is 14.1 Å². The molecule has 0 amide bonds. The maximum Gasteiger partial charge on any atom is 0.303 e. The largest absolute Gasteiger partial charge is 0.481 e. The van der Waals surface area contributed by atoms with Crippen LogP contribution in [0, 0.1) is 0 Å². The first-order valence-electron chi connectivity index (χ1n) is 12.6. The fourth-order valence-electron chi connectivity index (χ4n) is 3.94. The number of unbranched alkanes of at least 4 members (excludes halogenated alkanes) is 11. The lowest BCUT2D eigenvalue weighted by Crippen LogP contribution is -2.29. The normalized spacial score (nSPS) is 14.9. The first-order valence-corrected chi connectivity index (χ1v) is 12.6. The Morgan fingerprint density at radius 1 is 0.793 bits per heavy atom. The minimum atomic E-state index is -0.664. The van der Waals surface area contributed by atoms with Crippen molar-refractivity contribution in [1.82, 2.24) is 4.90 Å². The third-order valence-corrected chi connectivity index (χ3v) is 5.96. The number of nitrogens with zero attached hydrogens (tertiary/aromatic N) is 1. The Morgan fingerprint density at radius 3 is 1.72 bits per heavy atom. The van der Waals surface area contributed by atoms with Crippen molar-refractivity contribution in [3.8, 4) is 0 Å². The highest BCUT2D eigenvalue weighted by Crippen LogP contribution is 2.20. The van der Waals surface area contributed by atoms with Crippen LogP contribution in [0.1, 0.15) is 129 Å². The van der Waals surface area contributed by atoms with Crippen LogP contribution in [0.5, 0.6) is 0 Å². The molecule has 1 aliphatic carbocycles. The number of aliphatic carboxylic acids is 1. The molecule has 3 heteroatoms. The Balaban J connectivity index is 0.000000717. The fourth-order valence-corrected chi connectivity index (χ4v) is 3.94. The molecule has 1 saturated carbocycles. The summed E-state index contributed by atoms with van der Waals surface area (Å²) in [5.41, 5.74) is 0. The van der Waals surface area contributed by atoms with Crippen LogP contribution in [0.25, 0.3) is 0 Å². The van der Waals surface area contributed by atoms with Gasteiger partial charge in [0.15, 0.2) is 0 Å². The van der Waals surface area contributed by atoms with Gasteiger partial charge in [-0.1, -0.05) is 89.7 Å². The van der Waals surface area contributed by atoms with Gasteiger partial charge in [0.2, 0.25) is 0 Å². The summed E-state index contributed by atoms with van der Waals surface area (Å²) in [4.78, 5) is 12.7. The quantitative estimate of drug-likeness (QED) is 0.207. The van der Waals surface area contributed by atoms with Gasteiger partial charge in [0.25, 0.3) is 0 Å². The lowest BCUT2D eigenvalue weighted by Gasteiger charge is -2.27. The van der Waals surface area contributed by atoms with Gasteiger partial charge in [-0.3, -0.25) is 4.79 Å². The van der Waals surface area contributed by atoms with E-state index in [4.69, 9.17) is 5.11 Å². The topological polar surface area (TPSA) is 40.5 Å². The van der Waals surface area contributed by atoms with E-state index in [-0.39, 0.29) is 0 Å². The predicted molar refractivity (Wildman–Crippen MR) is 128 cm³/mol. The molecule has 0 aromatic rings. The highest BCUT2D eigenvalue weighted by Gasteiger charge is 2.13. The zero-order valence-corrected chi connectivity index (χ0v) is 20.0. The molecule has 0 heterocycles. The molecule has 1 N–H and O–H groups in total. The van der Waals surface area contributed by atoms with E-state index >= 15 is 0 Å². The molecule has 3 nitrogen and oxygen atoms in total. The SMILES string of the molecule is CCCCCCCCC=CCCCCCCCC(=O)O.CN(C)C1CCCCC1. The Hall–Kier alpha value is -0.830. The van der Waals surface area contributed by atoms with E-state index in [1.807, 2.05) is 0 Å². The molecule has 0 bridgehead atoms. The summed E-state index contributed by atoms with van der Waals surface area (Å²) < 4.78 is 0. The monoisotopic (exact) mass is 409 g/mol. The van der Waals surface area contributed by atoms with E-state index in [2.05, 4.69) is 38.1 Å². The molecule has 0 saturated heterocycles. The van der Waals surface area contributed by atoms with Gasteiger partial charge in [-0.05, 0) is 59.0 Å². The van der Waals surface area contributed by atoms with Crippen LogP contribution in [0.4, 0.5) is 0 Å². The zero-order valence-electron chi connectivity index (χ0n) is 20.0. The number of rotatable bonds is 16. The number of hydrogen-bond acceptors (Lipinski definition) is 2. The molecule has 0 unspecified atom stereocenters. The van der Waals surface area contributed by atoms with Gasteiger partial charge in [0, 0.05) is 12.5 Å². The fraction of sp³-hybridized carbons (Fsp3) is 0.885. The van der Waals surface area contributed by atoms with E-state index in [9.17, 15) is 4.79 Å². The van der Waals surface area contributed by atoms with Gasteiger partial charge in [-0.25, -0.2) is 0 Å². The van der Waals surface area contributed by atoms with E-state index < -0.39 is 5.97 Å². The second-order valence-electron chi connectivity index (χ2n) is 8.98. The molecule has 0 aromatic heterocycles. The minimum Gasteiger partial charge on any atom is -0.481 e. The molecular formula is C26H51NO2. The van der Waals surface area contributed by atoms with Crippen molar-refractivity contribution >= 4 is 5.97 Å². The third-order valence-electron chi connectivity index (χ3n) is 5.96. The van der Waals surface area contributed by atoms with Crippen molar-refractivity contribution in [3.63, 3.8) is 0 Å². The summed E-state index contributed by atoms with van der Waals surface area (Å²) in [7, 11) is 4.38. The smallest absolute Gasteiger partial charge is 0.303 e. The maximum atomic E-state index is 10.3. The predicted octanol–water partition coefficient (Wildman–Crippen LogP) is 7.99. The molecule has 0 aromatic carbocycles. The van der Waals surface area contributed by atoms with Crippen molar-refractivity contribution in [2.24, 2.45) is 0 Å². The van der Waals surface area contributed by atoms with Crippen molar-refractivity contribution in [1.29, 1.82) is 0 Å². The molecule has 0 atom stereocenters. The van der Waals surface area contributed by atoms with Gasteiger partial charge in [-0.15, -0.1) is 0 Å². The van der Waals surface area contributed by atoms with Gasteiger partial charge in [0.1, 0.15) is 0 Å². The van der Waals surface area contributed by atoms with Crippen LogP contribution in [-0.2, 0) is 4.79 Å². The number of carboxylic acid groups (broad SMARTS) is 1. The standard InChI is InChI=1S/C18H34O2.C8H17N/c1-2-3-4-5-6-7-8-9-10-11-12-13-14-15-16-17-18(19)20;1-9(2)8-6-4-3-5-7-8/h9-10H,2-8,11-17H2,1H3,(H,19,20);8H,3-7H2,1-2H3. The Labute approximate surface area is 182 Å². The highest BCUT2D eigenvalue weighted by molar-refractivity contribution is 5.66. The zero-order chi connectivity index (χ0) is 21.6. The molecular weight excluding hydrogens is 358 g/mol.